The summed E-state index contributed by atoms with van der Waals surface area (Å²) >= 11 is 0. The van der Waals surface area contributed by atoms with E-state index in [-0.39, 0.29) is 42.5 Å². The average molecular weight is 356 g/mol. The summed E-state index contributed by atoms with van der Waals surface area (Å²) in [6, 6.07) is -1.20. The summed E-state index contributed by atoms with van der Waals surface area (Å²) in [5.41, 5.74) is 0. The molecule has 0 aliphatic heterocycles. The molecular weight excluding hydrogens is 324 g/mol. The Bertz CT molecular complexity index is 507. The van der Waals surface area contributed by atoms with E-state index in [1.165, 1.54) is 28.7 Å². The number of Topliss-reactive ketones (excluding diaryl/α,β-unsaturated/α-hetero) is 1. The van der Waals surface area contributed by atoms with Crippen molar-refractivity contribution in [2.45, 2.75) is 39.8 Å². The van der Waals surface area contributed by atoms with Crippen LogP contribution in [0.25, 0.3) is 0 Å². The first kappa shape index (κ1) is 23.0. The fourth-order valence-corrected chi connectivity index (χ4v) is 2.71. The van der Waals surface area contributed by atoms with Gasteiger partial charge in [0.05, 0.1) is 19.1 Å². The molecular formula is C17H32N4O4. The second-order valence-corrected chi connectivity index (χ2v) is 6.71. The third-order valence-electron chi connectivity index (χ3n) is 4.27. The molecule has 0 spiro atoms. The number of hydrogen-bond acceptors (Lipinski definition) is 5. The zero-order chi connectivity index (χ0) is 19.9. The normalized spacial score (nSPS) is 13.2. The minimum absolute atomic E-state index is 0.0170. The summed E-state index contributed by atoms with van der Waals surface area (Å²) in [7, 11) is 6.28. The van der Waals surface area contributed by atoms with Crippen LogP contribution in [0.5, 0.6) is 0 Å². The molecule has 0 radical (unpaired) electrons. The quantitative estimate of drug-likeness (QED) is 0.606. The Morgan fingerprint density at radius 2 is 1.44 bits per heavy atom. The lowest BCUT2D eigenvalue weighted by atomic mass is 9.99. The highest BCUT2D eigenvalue weighted by atomic mass is 16.2. The average Bonchev–Trinajstić information content (AvgIpc) is 2.51. The van der Waals surface area contributed by atoms with Gasteiger partial charge in [0.2, 0.25) is 17.7 Å². The smallest absolute Gasteiger partial charge is 0.245 e. The summed E-state index contributed by atoms with van der Waals surface area (Å²) in [5, 5.41) is 2.74. The topological polar surface area (TPSA) is 90.0 Å². The molecule has 0 heterocycles. The van der Waals surface area contributed by atoms with Crippen LogP contribution < -0.4 is 5.32 Å². The van der Waals surface area contributed by atoms with E-state index in [0.717, 1.165) is 0 Å². The maximum atomic E-state index is 12.5. The fourth-order valence-electron chi connectivity index (χ4n) is 2.71. The van der Waals surface area contributed by atoms with Crippen LogP contribution in [0.2, 0.25) is 0 Å². The molecule has 2 atom stereocenters. The predicted molar refractivity (Wildman–Crippen MR) is 95.9 cm³/mol. The number of likely N-dealkylation sites (N-methyl/N-ethyl adjacent to an activating group) is 4. The maximum Gasteiger partial charge on any atom is 0.245 e. The minimum atomic E-state index is -0.683. The highest BCUT2D eigenvalue weighted by molar-refractivity contribution is 5.92. The lowest BCUT2D eigenvalue weighted by molar-refractivity contribution is -0.147. The van der Waals surface area contributed by atoms with Crippen molar-refractivity contribution in [1.82, 2.24) is 20.0 Å². The summed E-state index contributed by atoms with van der Waals surface area (Å²) in [4.78, 5) is 52.5. The van der Waals surface area contributed by atoms with Gasteiger partial charge in [-0.1, -0.05) is 13.8 Å². The van der Waals surface area contributed by atoms with Crippen molar-refractivity contribution in [3.05, 3.63) is 0 Å². The van der Waals surface area contributed by atoms with Crippen LogP contribution in [-0.2, 0) is 19.2 Å². The van der Waals surface area contributed by atoms with E-state index in [0.29, 0.717) is 0 Å². The van der Waals surface area contributed by atoms with Gasteiger partial charge in [0.15, 0.2) is 5.78 Å². The summed E-state index contributed by atoms with van der Waals surface area (Å²) < 4.78 is 0. The predicted octanol–water partition coefficient (Wildman–Crippen LogP) is -0.417. The molecule has 0 aromatic heterocycles. The Hall–Kier alpha value is -1.96. The minimum Gasteiger partial charge on any atom is -0.335 e. The van der Waals surface area contributed by atoms with E-state index in [9.17, 15) is 19.2 Å². The molecule has 25 heavy (non-hydrogen) atoms. The molecule has 0 aromatic rings. The van der Waals surface area contributed by atoms with Crippen molar-refractivity contribution in [3.8, 4) is 0 Å². The molecule has 0 aliphatic rings. The van der Waals surface area contributed by atoms with E-state index < -0.39 is 12.1 Å². The van der Waals surface area contributed by atoms with E-state index >= 15 is 0 Å². The highest BCUT2D eigenvalue weighted by Crippen LogP contribution is 2.11. The van der Waals surface area contributed by atoms with Gasteiger partial charge in [-0.05, 0) is 26.8 Å². The first-order valence-electron chi connectivity index (χ1n) is 8.36. The second kappa shape index (κ2) is 10.1. The van der Waals surface area contributed by atoms with Gasteiger partial charge in [0, 0.05) is 21.1 Å². The van der Waals surface area contributed by atoms with Crippen LogP contribution in [-0.4, -0.2) is 91.6 Å². The SMILES string of the molecule is CNCC(=O)N(C)C(C)C(=O)N(C)CC(=O)N(C)C(C(C)=O)C(C)C. The molecule has 0 saturated carbocycles. The Kier molecular flexibility index (Phi) is 9.33. The monoisotopic (exact) mass is 356 g/mol. The summed E-state index contributed by atoms with van der Waals surface area (Å²) in [6.45, 7) is 6.80. The van der Waals surface area contributed by atoms with E-state index in [1.807, 2.05) is 13.8 Å². The molecule has 0 rings (SSSR count). The Labute approximate surface area is 150 Å². The third-order valence-corrected chi connectivity index (χ3v) is 4.27. The molecule has 8 heteroatoms. The molecule has 3 amide bonds. The van der Waals surface area contributed by atoms with Crippen molar-refractivity contribution in [2.24, 2.45) is 5.92 Å². The van der Waals surface area contributed by atoms with Crippen LogP contribution in [0.15, 0.2) is 0 Å². The van der Waals surface area contributed by atoms with Crippen LogP contribution in [0.4, 0.5) is 0 Å². The van der Waals surface area contributed by atoms with Gasteiger partial charge in [-0.15, -0.1) is 0 Å². The summed E-state index contributed by atoms with van der Waals surface area (Å²) in [5.74, 6) is -0.974. The molecule has 0 fully saturated rings. The van der Waals surface area contributed by atoms with E-state index in [4.69, 9.17) is 0 Å². The van der Waals surface area contributed by atoms with Gasteiger partial charge in [-0.3, -0.25) is 19.2 Å². The van der Waals surface area contributed by atoms with Crippen molar-refractivity contribution >= 4 is 23.5 Å². The molecule has 144 valence electrons. The molecule has 0 aromatic carbocycles. The van der Waals surface area contributed by atoms with E-state index in [1.54, 1.807) is 28.1 Å². The zero-order valence-electron chi connectivity index (χ0n) is 16.6. The second-order valence-electron chi connectivity index (χ2n) is 6.71. The van der Waals surface area contributed by atoms with Crippen molar-refractivity contribution < 1.29 is 19.2 Å². The van der Waals surface area contributed by atoms with Crippen molar-refractivity contribution in [2.75, 3.05) is 41.3 Å². The first-order chi connectivity index (χ1) is 11.4. The van der Waals surface area contributed by atoms with Crippen LogP contribution in [0.3, 0.4) is 0 Å². The van der Waals surface area contributed by atoms with Crippen molar-refractivity contribution in [1.29, 1.82) is 0 Å². The third kappa shape index (κ3) is 6.45. The Morgan fingerprint density at radius 1 is 0.920 bits per heavy atom. The number of nitrogens with zero attached hydrogens (tertiary/aromatic N) is 3. The lowest BCUT2D eigenvalue weighted by Gasteiger charge is -2.32. The van der Waals surface area contributed by atoms with Gasteiger partial charge in [-0.25, -0.2) is 0 Å². The number of hydrogen-bond donors (Lipinski definition) is 1. The number of nitrogens with one attached hydrogen (secondary N) is 1. The molecule has 8 nitrogen and oxygen atoms in total. The molecule has 0 aliphatic carbocycles. The molecule has 0 saturated heterocycles. The number of ketones is 1. The number of amides is 3. The first-order valence-corrected chi connectivity index (χ1v) is 8.36. The van der Waals surface area contributed by atoms with Gasteiger partial charge in [-0.2, -0.15) is 0 Å². The molecule has 0 bridgehead atoms. The number of carbonyl (C=O) groups is 4. The lowest BCUT2D eigenvalue weighted by Crippen LogP contribution is -2.52. The van der Waals surface area contributed by atoms with Crippen LogP contribution in [0, 0.1) is 5.92 Å². The van der Waals surface area contributed by atoms with Gasteiger partial charge in [0.1, 0.15) is 6.04 Å². The largest absolute Gasteiger partial charge is 0.335 e. The van der Waals surface area contributed by atoms with Crippen molar-refractivity contribution in [3.63, 3.8) is 0 Å². The van der Waals surface area contributed by atoms with Gasteiger partial charge < -0.3 is 20.0 Å². The van der Waals surface area contributed by atoms with Gasteiger partial charge >= 0.3 is 0 Å². The number of rotatable bonds is 9. The van der Waals surface area contributed by atoms with E-state index in [2.05, 4.69) is 5.32 Å². The molecule has 1 N–H and O–H groups in total. The van der Waals surface area contributed by atoms with Crippen LogP contribution >= 0.6 is 0 Å². The molecule has 2 unspecified atom stereocenters. The standard InChI is InChI=1S/C17H32N4O4/c1-11(2)16(13(4)22)21(8)15(24)10-19(6)17(25)12(3)20(7)14(23)9-18-5/h11-12,16,18H,9-10H2,1-8H3. The Morgan fingerprint density at radius 3 is 1.84 bits per heavy atom. The fraction of sp³-hybridized carbons (Fsp3) is 0.765. The maximum absolute atomic E-state index is 12.5. The zero-order valence-corrected chi connectivity index (χ0v) is 16.6. The number of carbonyl (C=O) groups excluding carboxylic acids is 4. The van der Waals surface area contributed by atoms with Crippen LogP contribution in [0.1, 0.15) is 27.7 Å². The highest BCUT2D eigenvalue weighted by Gasteiger charge is 2.30. The summed E-state index contributed by atoms with van der Waals surface area (Å²) in [6.07, 6.45) is 0. The Balaban J connectivity index is 4.93. The van der Waals surface area contributed by atoms with Gasteiger partial charge in [0.25, 0.3) is 0 Å².